The topological polar surface area (TPSA) is 88.8 Å². The highest BCUT2D eigenvalue weighted by atomic mass is 35.5. The molecule has 0 unspecified atom stereocenters. The molecule has 0 spiro atoms. The molecule has 5 aromatic rings. The molecule has 0 radical (unpaired) electrons. The van der Waals surface area contributed by atoms with Crippen LogP contribution in [-0.4, -0.2) is 29.5 Å². The third-order valence-electron chi connectivity index (χ3n) is 4.31. The largest absolute Gasteiger partial charge is 0.309 e. The molecule has 9 heteroatoms. The van der Waals surface area contributed by atoms with Crippen molar-refractivity contribution in [3.05, 3.63) is 69.5 Å². The molecule has 0 saturated carbocycles. The number of nitrogens with zero attached hydrogens (tertiary/aromatic N) is 5. The summed E-state index contributed by atoms with van der Waals surface area (Å²) in [5.74, 6) is 1.67. The maximum Gasteiger partial charge on any atom is 0.258 e. The quantitative estimate of drug-likeness (QED) is 0.361. The van der Waals surface area contributed by atoms with E-state index in [1.54, 1.807) is 22.7 Å². The van der Waals surface area contributed by atoms with Gasteiger partial charge in [0.25, 0.3) is 5.56 Å². The fourth-order valence-electron chi connectivity index (χ4n) is 3.09. The average molecular weight is 409 g/mol. The minimum absolute atomic E-state index is 0.212. The molecule has 0 bridgehead atoms. The van der Waals surface area contributed by atoms with Crippen molar-refractivity contribution >= 4 is 50.8 Å². The Morgan fingerprint density at radius 3 is 2.79 bits per heavy atom. The lowest BCUT2D eigenvalue weighted by atomic mass is 10.2. The molecule has 5 rings (SSSR count). The van der Waals surface area contributed by atoms with Crippen molar-refractivity contribution in [2.24, 2.45) is 0 Å². The zero-order valence-corrected chi connectivity index (χ0v) is 16.3. The van der Waals surface area contributed by atoms with Gasteiger partial charge in [-0.3, -0.25) is 4.79 Å². The number of aromatic amines is 1. The molecule has 0 aliphatic carbocycles. The molecule has 0 aliphatic heterocycles. The summed E-state index contributed by atoms with van der Waals surface area (Å²) in [6.45, 7) is 1.85. The van der Waals surface area contributed by atoms with Gasteiger partial charge >= 0.3 is 0 Å². The van der Waals surface area contributed by atoms with Crippen LogP contribution in [0.4, 0.5) is 0 Å². The molecule has 0 atom stereocenters. The van der Waals surface area contributed by atoms with E-state index in [9.17, 15) is 4.79 Å². The van der Waals surface area contributed by atoms with E-state index in [2.05, 4.69) is 20.1 Å². The zero-order valence-electron chi connectivity index (χ0n) is 14.7. The Bertz CT molecular complexity index is 1430. The second-order valence-corrected chi connectivity index (χ2v) is 7.65. The number of aromatic nitrogens is 6. The van der Waals surface area contributed by atoms with Gasteiger partial charge in [0.05, 0.1) is 22.2 Å². The lowest BCUT2D eigenvalue weighted by Gasteiger charge is -2.06. The molecule has 3 aromatic heterocycles. The van der Waals surface area contributed by atoms with Crippen molar-refractivity contribution in [2.45, 2.75) is 17.8 Å². The van der Waals surface area contributed by atoms with E-state index in [1.165, 1.54) is 11.8 Å². The Labute approximate surface area is 167 Å². The van der Waals surface area contributed by atoms with Crippen molar-refractivity contribution in [3.8, 4) is 0 Å². The number of nitrogens with one attached hydrogen (secondary N) is 1. The van der Waals surface area contributed by atoms with Gasteiger partial charge < -0.3 is 4.98 Å². The van der Waals surface area contributed by atoms with Gasteiger partial charge in [-0.1, -0.05) is 35.5 Å². The third-order valence-corrected chi connectivity index (χ3v) is 5.49. The van der Waals surface area contributed by atoms with E-state index in [-0.39, 0.29) is 5.56 Å². The first-order valence-corrected chi connectivity index (χ1v) is 9.88. The highest BCUT2D eigenvalue weighted by molar-refractivity contribution is 7.98. The van der Waals surface area contributed by atoms with Crippen molar-refractivity contribution in [3.63, 3.8) is 0 Å². The minimum atomic E-state index is -0.212. The van der Waals surface area contributed by atoms with Crippen LogP contribution in [0.5, 0.6) is 0 Å². The maximum absolute atomic E-state index is 12.3. The molecule has 1 N–H and O–H groups in total. The summed E-state index contributed by atoms with van der Waals surface area (Å²) >= 11 is 7.41. The van der Waals surface area contributed by atoms with Gasteiger partial charge in [-0.2, -0.15) is 4.52 Å². The number of fused-ring (bicyclic) bond motifs is 4. The first-order chi connectivity index (χ1) is 13.6. The molecular weight excluding hydrogens is 396 g/mol. The van der Waals surface area contributed by atoms with Crippen LogP contribution in [0.25, 0.3) is 27.5 Å². The smallest absolute Gasteiger partial charge is 0.258 e. The van der Waals surface area contributed by atoms with E-state index in [4.69, 9.17) is 16.6 Å². The summed E-state index contributed by atoms with van der Waals surface area (Å²) in [5, 5.41) is 7.08. The van der Waals surface area contributed by atoms with Crippen LogP contribution in [0.2, 0.25) is 5.02 Å². The SMILES string of the molecule is Cc1nc2c3ccccc3nc(SCc3nc4ccc(Cl)cc4c(=O)[nH]3)n2n1. The normalized spacial score (nSPS) is 11.6. The highest BCUT2D eigenvalue weighted by Crippen LogP contribution is 2.25. The van der Waals surface area contributed by atoms with Crippen LogP contribution in [0.15, 0.2) is 52.4 Å². The fourth-order valence-corrected chi connectivity index (χ4v) is 4.07. The van der Waals surface area contributed by atoms with Crippen LogP contribution in [0.3, 0.4) is 0 Å². The lowest BCUT2D eigenvalue weighted by molar-refractivity contribution is 0.796. The molecule has 0 aliphatic rings. The van der Waals surface area contributed by atoms with E-state index >= 15 is 0 Å². The van der Waals surface area contributed by atoms with E-state index in [0.29, 0.717) is 38.5 Å². The zero-order chi connectivity index (χ0) is 19.3. The molecule has 0 fully saturated rings. The summed E-state index contributed by atoms with van der Waals surface area (Å²) in [6.07, 6.45) is 0. The van der Waals surface area contributed by atoms with Gasteiger partial charge in [0.15, 0.2) is 10.8 Å². The number of aryl methyl sites for hydroxylation is 1. The molecule has 0 saturated heterocycles. The first-order valence-electron chi connectivity index (χ1n) is 8.52. The highest BCUT2D eigenvalue weighted by Gasteiger charge is 2.13. The number of H-pyrrole nitrogens is 1. The number of hydrogen-bond donors (Lipinski definition) is 1. The molecule has 0 amide bonds. The van der Waals surface area contributed by atoms with E-state index in [0.717, 1.165) is 16.6 Å². The predicted octanol–water partition coefficient (Wildman–Crippen LogP) is 3.77. The number of rotatable bonds is 3. The third kappa shape index (κ3) is 2.90. The molecule has 7 nitrogen and oxygen atoms in total. The van der Waals surface area contributed by atoms with E-state index < -0.39 is 0 Å². The molecule has 3 heterocycles. The second kappa shape index (κ2) is 6.57. The average Bonchev–Trinajstić information content (AvgIpc) is 3.08. The number of benzene rings is 2. The Hall–Kier alpha value is -2.97. The number of hydrogen-bond acceptors (Lipinski definition) is 6. The Morgan fingerprint density at radius 1 is 1.07 bits per heavy atom. The van der Waals surface area contributed by atoms with Crippen LogP contribution in [-0.2, 0) is 5.75 Å². The monoisotopic (exact) mass is 408 g/mol. The van der Waals surface area contributed by atoms with Gasteiger partial charge in [-0.05, 0) is 37.3 Å². The summed E-state index contributed by atoms with van der Waals surface area (Å²) in [4.78, 5) is 28.9. The van der Waals surface area contributed by atoms with Crippen LogP contribution >= 0.6 is 23.4 Å². The Kier molecular flexibility index (Phi) is 4.03. The van der Waals surface area contributed by atoms with Gasteiger partial charge in [-0.25, -0.2) is 15.0 Å². The van der Waals surface area contributed by atoms with Gasteiger partial charge in [0.2, 0.25) is 0 Å². The maximum atomic E-state index is 12.3. The summed E-state index contributed by atoms with van der Waals surface area (Å²) in [7, 11) is 0. The fraction of sp³-hybridized carbons (Fsp3) is 0.105. The minimum Gasteiger partial charge on any atom is -0.309 e. The van der Waals surface area contributed by atoms with Gasteiger partial charge in [0, 0.05) is 10.4 Å². The predicted molar refractivity (Wildman–Crippen MR) is 110 cm³/mol. The first kappa shape index (κ1) is 17.2. The van der Waals surface area contributed by atoms with Crippen LogP contribution in [0.1, 0.15) is 11.6 Å². The summed E-state index contributed by atoms with van der Waals surface area (Å²) < 4.78 is 1.74. The summed E-state index contributed by atoms with van der Waals surface area (Å²) in [6, 6.07) is 12.9. The Balaban J connectivity index is 1.56. The lowest BCUT2D eigenvalue weighted by Crippen LogP contribution is -2.11. The van der Waals surface area contributed by atoms with Crippen LogP contribution in [0, 0.1) is 6.92 Å². The van der Waals surface area contributed by atoms with Gasteiger partial charge in [-0.15, -0.1) is 5.10 Å². The van der Waals surface area contributed by atoms with Gasteiger partial charge in [0.1, 0.15) is 11.6 Å². The van der Waals surface area contributed by atoms with Crippen molar-refractivity contribution in [2.75, 3.05) is 0 Å². The number of halogens is 1. The van der Waals surface area contributed by atoms with Crippen molar-refractivity contribution in [1.29, 1.82) is 0 Å². The number of para-hydroxylation sites is 1. The van der Waals surface area contributed by atoms with Crippen LogP contribution < -0.4 is 5.56 Å². The molecule has 138 valence electrons. The molecule has 2 aromatic carbocycles. The van der Waals surface area contributed by atoms with Crippen molar-refractivity contribution in [1.82, 2.24) is 29.5 Å². The summed E-state index contributed by atoms with van der Waals surface area (Å²) in [5.41, 5.74) is 2.01. The standard InChI is InChI=1S/C19H13ClN6OS/c1-10-21-17-12-4-2-3-5-14(12)23-19(26(17)25-10)28-9-16-22-15-7-6-11(20)8-13(15)18(27)24-16/h2-8H,9H2,1H3,(H,22,24,27). The number of thioether (sulfide) groups is 1. The molecule has 28 heavy (non-hydrogen) atoms. The van der Waals surface area contributed by atoms with Crippen molar-refractivity contribution < 1.29 is 0 Å². The molecular formula is C19H13ClN6OS. The Morgan fingerprint density at radius 2 is 1.89 bits per heavy atom. The van der Waals surface area contributed by atoms with E-state index in [1.807, 2.05) is 31.2 Å². The second-order valence-electron chi connectivity index (χ2n) is 6.27.